The lowest BCUT2D eigenvalue weighted by atomic mass is 10.1. The van der Waals surface area contributed by atoms with Gasteiger partial charge in [-0.05, 0) is 35.7 Å². The van der Waals surface area contributed by atoms with Crippen LogP contribution in [0, 0.1) is 0 Å². The molecule has 1 amide bonds. The standard InChI is InChI=1S/C21H19N5O2/c27-20-15(11-13-3-1-2-4-16(13)25-20)19-23-17-6-5-14(12-18(17)24-19)21(28)26-9-7-22-8-10-26/h1-6,11-12,22H,7-10H2,(H,23,24)(H,25,27). The molecule has 7 nitrogen and oxygen atoms in total. The Morgan fingerprint density at radius 3 is 2.64 bits per heavy atom. The number of aromatic amines is 2. The summed E-state index contributed by atoms with van der Waals surface area (Å²) in [5, 5.41) is 4.18. The lowest BCUT2D eigenvalue weighted by molar-refractivity contribution is 0.0736. The normalized spacial score (nSPS) is 14.6. The van der Waals surface area contributed by atoms with E-state index in [0.717, 1.165) is 29.5 Å². The van der Waals surface area contributed by atoms with Gasteiger partial charge < -0.3 is 20.2 Å². The van der Waals surface area contributed by atoms with Crippen LogP contribution in [0.4, 0.5) is 0 Å². The summed E-state index contributed by atoms with van der Waals surface area (Å²) in [4.78, 5) is 37.8. The first-order valence-electron chi connectivity index (χ1n) is 9.31. The molecule has 28 heavy (non-hydrogen) atoms. The van der Waals surface area contributed by atoms with Crippen LogP contribution in [0.5, 0.6) is 0 Å². The first-order chi connectivity index (χ1) is 13.7. The summed E-state index contributed by atoms with van der Waals surface area (Å²) in [6, 6.07) is 14.9. The van der Waals surface area contributed by atoms with E-state index in [0.29, 0.717) is 35.6 Å². The molecule has 0 unspecified atom stereocenters. The van der Waals surface area contributed by atoms with E-state index in [1.165, 1.54) is 0 Å². The number of nitrogens with one attached hydrogen (secondary N) is 3. The van der Waals surface area contributed by atoms with E-state index < -0.39 is 0 Å². The van der Waals surface area contributed by atoms with Crippen LogP contribution >= 0.6 is 0 Å². The van der Waals surface area contributed by atoms with Crippen LogP contribution in [0.3, 0.4) is 0 Å². The fourth-order valence-corrected chi connectivity index (χ4v) is 3.64. The van der Waals surface area contributed by atoms with Crippen LogP contribution in [0.1, 0.15) is 10.4 Å². The third-order valence-electron chi connectivity index (χ3n) is 5.14. The molecule has 140 valence electrons. The number of amides is 1. The van der Waals surface area contributed by atoms with Crippen LogP contribution in [-0.2, 0) is 0 Å². The quantitative estimate of drug-likeness (QED) is 0.502. The van der Waals surface area contributed by atoms with Crippen molar-refractivity contribution in [3.63, 3.8) is 0 Å². The molecule has 2 aromatic carbocycles. The second-order valence-corrected chi connectivity index (χ2v) is 6.96. The number of imidazole rings is 1. The highest BCUT2D eigenvalue weighted by Crippen LogP contribution is 2.22. The van der Waals surface area contributed by atoms with Crippen LogP contribution in [0.15, 0.2) is 53.3 Å². The molecule has 4 aromatic rings. The van der Waals surface area contributed by atoms with Crippen molar-refractivity contribution < 1.29 is 4.79 Å². The molecule has 0 saturated carbocycles. The molecule has 5 rings (SSSR count). The lowest BCUT2D eigenvalue weighted by Gasteiger charge is -2.27. The zero-order chi connectivity index (χ0) is 19.1. The third kappa shape index (κ3) is 2.86. The molecule has 7 heteroatoms. The highest BCUT2D eigenvalue weighted by atomic mass is 16.2. The van der Waals surface area contributed by atoms with Crippen LogP contribution in [-0.4, -0.2) is 51.9 Å². The van der Waals surface area contributed by atoms with Crippen molar-refractivity contribution in [1.82, 2.24) is 25.2 Å². The van der Waals surface area contributed by atoms with Crippen molar-refractivity contribution in [3.8, 4) is 11.4 Å². The van der Waals surface area contributed by atoms with Crippen LogP contribution < -0.4 is 10.9 Å². The zero-order valence-corrected chi connectivity index (χ0v) is 15.2. The minimum atomic E-state index is -0.199. The van der Waals surface area contributed by atoms with Gasteiger partial charge in [0.25, 0.3) is 11.5 Å². The second kappa shape index (κ2) is 6.61. The van der Waals surface area contributed by atoms with Gasteiger partial charge in [0.1, 0.15) is 5.82 Å². The number of hydrogen-bond donors (Lipinski definition) is 3. The third-order valence-corrected chi connectivity index (χ3v) is 5.14. The van der Waals surface area contributed by atoms with Crippen molar-refractivity contribution >= 4 is 27.8 Å². The summed E-state index contributed by atoms with van der Waals surface area (Å²) < 4.78 is 0. The Morgan fingerprint density at radius 2 is 1.79 bits per heavy atom. The van der Waals surface area contributed by atoms with Crippen molar-refractivity contribution in [2.24, 2.45) is 0 Å². The van der Waals surface area contributed by atoms with Crippen molar-refractivity contribution in [2.45, 2.75) is 0 Å². The maximum absolute atomic E-state index is 12.7. The lowest BCUT2D eigenvalue weighted by Crippen LogP contribution is -2.46. The molecule has 0 bridgehead atoms. The fraction of sp³-hybridized carbons (Fsp3) is 0.190. The largest absolute Gasteiger partial charge is 0.338 e. The highest BCUT2D eigenvalue weighted by molar-refractivity contribution is 5.98. The minimum absolute atomic E-state index is 0.0107. The Hall–Kier alpha value is -3.45. The van der Waals surface area contributed by atoms with Crippen molar-refractivity contribution in [2.75, 3.05) is 26.2 Å². The number of pyridine rings is 1. The Balaban J connectivity index is 1.54. The van der Waals surface area contributed by atoms with E-state index in [9.17, 15) is 9.59 Å². The van der Waals surface area contributed by atoms with Gasteiger partial charge in [-0.25, -0.2) is 4.98 Å². The number of fused-ring (bicyclic) bond motifs is 2. The fourth-order valence-electron chi connectivity index (χ4n) is 3.64. The maximum Gasteiger partial charge on any atom is 0.259 e. The number of benzene rings is 2. The summed E-state index contributed by atoms with van der Waals surface area (Å²) in [6.45, 7) is 3.03. The van der Waals surface area contributed by atoms with Gasteiger partial charge >= 0.3 is 0 Å². The van der Waals surface area contributed by atoms with Crippen LogP contribution in [0.25, 0.3) is 33.3 Å². The maximum atomic E-state index is 12.7. The summed E-state index contributed by atoms with van der Waals surface area (Å²) in [5.74, 6) is 0.505. The number of nitrogens with zero attached hydrogens (tertiary/aromatic N) is 2. The number of H-pyrrole nitrogens is 2. The van der Waals surface area contributed by atoms with Gasteiger partial charge in [-0.2, -0.15) is 0 Å². The topological polar surface area (TPSA) is 93.9 Å². The van der Waals surface area contributed by atoms with Gasteiger partial charge in [0.15, 0.2) is 0 Å². The second-order valence-electron chi connectivity index (χ2n) is 6.96. The Kier molecular flexibility index (Phi) is 3.95. The van der Waals surface area contributed by atoms with Crippen molar-refractivity contribution in [1.29, 1.82) is 0 Å². The average Bonchev–Trinajstić information content (AvgIpc) is 3.16. The van der Waals surface area contributed by atoms with Crippen LogP contribution in [0.2, 0.25) is 0 Å². The van der Waals surface area contributed by atoms with E-state index in [1.807, 2.05) is 41.3 Å². The molecular weight excluding hydrogens is 354 g/mol. The summed E-state index contributed by atoms with van der Waals surface area (Å²) in [7, 11) is 0. The Labute approximate surface area is 160 Å². The number of piperazine rings is 1. The van der Waals surface area contributed by atoms with Gasteiger partial charge in [-0.3, -0.25) is 9.59 Å². The number of aromatic nitrogens is 3. The molecule has 1 saturated heterocycles. The Bertz CT molecular complexity index is 1250. The predicted molar refractivity (Wildman–Crippen MR) is 108 cm³/mol. The summed E-state index contributed by atoms with van der Waals surface area (Å²) >= 11 is 0. The van der Waals surface area contributed by atoms with Gasteiger partial charge in [-0.15, -0.1) is 0 Å². The number of rotatable bonds is 2. The summed E-state index contributed by atoms with van der Waals surface area (Å²) in [5.41, 5.74) is 3.14. The van der Waals surface area contributed by atoms with Gasteiger partial charge in [0.05, 0.1) is 16.6 Å². The molecule has 0 atom stereocenters. The number of carbonyl (C=O) groups excluding carboxylic acids is 1. The van der Waals surface area contributed by atoms with Gasteiger partial charge in [0.2, 0.25) is 0 Å². The smallest absolute Gasteiger partial charge is 0.259 e. The van der Waals surface area contributed by atoms with Gasteiger partial charge in [-0.1, -0.05) is 18.2 Å². The minimum Gasteiger partial charge on any atom is -0.338 e. The molecule has 2 aromatic heterocycles. The highest BCUT2D eigenvalue weighted by Gasteiger charge is 2.19. The molecule has 3 N–H and O–H groups in total. The average molecular weight is 373 g/mol. The molecule has 3 heterocycles. The first-order valence-corrected chi connectivity index (χ1v) is 9.31. The van der Waals surface area contributed by atoms with E-state index in [4.69, 9.17) is 0 Å². The van der Waals surface area contributed by atoms with Gasteiger partial charge in [0, 0.05) is 37.3 Å². The van der Waals surface area contributed by atoms with E-state index in [-0.39, 0.29) is 11.5 Å². The molecule has 0 spiro atoms. The molecule has 1 fully saturated rings. The van der Waals surface area contributed by atoms with Crippen molar-refractivity contribution in [3.05, 3.63) is 64.4 Å². The summed E-state index contributed by atoms with van der Waals surface area (Å²) in [6.07, 6.45) is 0. The number of carbonyl (C=O) groups is 1. The first kappa shape index (κ1) is 16.7. The molecule has 1 aliphatic rings. The van der Waals surface area contributed by atoms with E-state index >= 15 is 0 Å². The molecule has 1 aliphatic heterocycles. The zero-order valence-electron chi connectivity index (χ0n) is 15.2. The SMILES string of the molecule is O=C(c1ccc2[nH]c(-c3cc4ccccc4[nH]c3=O)nc2c1)N1CCNCC1. The molecule has 0 aliphatic carbocycles. The number of hydrogen-bond acceptors (Lipinski definition) is 4. The molecule has 0 radical (unpaired) electrons. The van der Waals surface area contributed by atoms with E-state index in [1.54, 1.807) is 12.1 Å². The number of para-hydroxylation sites is 1. The predicted octanol–water partition coefficient (Wildman–Crippen LogP) is 2.12. The Morgan fingerprint density at radius 1 is 0.964 bits per heavy atom. The monoisotopic (exact) mass is 373 g/mol. The molecular formula is C21H19N5O2. The van der Waals surface area contributed by atoms with E-state index in [2.05, 4.69) is 20.3 Å².